The Morgan fingerprint density at radius 2 is 2.00 bits per heavy atom. The largest absolute Gasteiger partial charge is 0.346 e. The van der Waals surface area contributed by atoms with Crippen molar-refractivity contribution in [2.45, 2.75) is 0 Å². The summed E-state index contributed by atoms with van der Waals surface area (Å²) >= 11 is 0. The lowest BCUT2D eigenvalue weighted by molar-refractivity contribution is -0.141. The molecule has 7 heteroatoms. The minimum Gasteiger partial charge on any atom is -0.346 e. The van der Waals surface area contributed by atoms with E-state index < -0.39 is 11.7 Å². The van der Waals surface area contributed by atoms with Crippen LogP contribution < -0.4 is 0 Å². The standard InChI is InChI=1S/C17H13N5O2/c1-22-16(21-9-14(23)17(22)24)11-3-4-18-13(7-11)12-6-10-2-5-19-15(10)20-8-12/h2-8H,9H2,1H3,(H,19,20). The molecule has 3 aromatic heterocycles. The van der Waals surface area contributed by atoms with Crippen LogP contribution in [-0.2, 0) is 9.59 Å². The third-order valence-electron chi connectivity index (χ3n) is 3.95. The maximum atomic E-state index is 11.8. The number of aliphatic imine (C=N–C) groups is 1. The van der Waals surface area contributed by atoms with Crippen molar-refractivity contribution in [2.24, 2.45) is 4.99 Å². The lowest BCUT2D eigenvalue weighted by Gasteiger charge is -2.22. The number of H-pyrrole nitrogens is 1. The zero-order chi connectivity index (χ0) is 16.7. The van der Waals surface area contributed by atoms with Gasteiger partial charge in [0.15, 0.2) is 0 Å². The highest BCUT2D eigenvalue weighted by molar-refractivity contribution is 6.42. The van der Waals surface area contributed by atoms with E-state index in [1.165, 1.54) is 4.90 Å². The third-order valence-corrected chi connectivity index (χ3v) is 3.95. The molecule has 0 saturated heterocycles. The molecule has 0 spiro atoms. The predicted octanol–water partition coefficient (Wildman–Crippen LogP) is 1.41. The molecule has 3 aromatic rings. The van der Waals surface area contributed by atoms with Crippen LogP contribution >= 0.6 is 0 Å². The van der Waals surface area contributed by atoms with Gasteiger partial charge in [0.1, 0.15) is 18.0 Å². The molecule has 0 fully saturated rings. The second-order valence-electron chi connectivity index (χ2n) is 5.50. The van der Waals surface area contributed by atoms with Gasteiger partial charge in [-0.25, -0.2) is 4.98 Å². The molecule has 0 atom stereocenters. The summed E-state index contributed by atoms with van der Waals surface area (Å²) in [5.74, 6) is -0.578. The Bertz CT molecular complexity index is 1000. The molecule has 1 N–H and O–H groups in total. The number of aromatic nitrogens is 3. The maximum absolute atomic E-state index is 11.8. The molecule has 0 bridgehead atoms. The first-order chi connectivity index (χ1) is 11.6. The molecule has 0 aliphatic carbocycles. The average Bonchev–Trinajstić information content (AvgIpc) is 3.07. The van der Waals surface area contributed by atoms with E-state index in [0.717, 1.165) is 27.9 Å². The number of aromatic amines is 1. The molecule has 0 aromatic carbocycles. The number of likely N-dealkylation sites (N-methyl/N-ethyl adjacent to an activating group) is 1. The van der Waals surface area contributed by atoms with Gasteiger partial charge < -0.3 is 4.98 Å². The molecule has 1 aliphatic rings. The van der Waals surface area contributed by atoms with E-state index in [-0.39, 0.29) is 6.54 Å². The van der Waals surface area contributed by atoms with Crippen molar-refractivity contribution in [1.29, 1.82) is 0 Å². The van der Waals surface area contributed by atoms with E-state index in [1.54, 1.807) is 25.5 Å². The van der Waals surface area contributed by atoms with E-state index in [2.05, 4.69) is 19.9 Å². The first kappa shape index (κ1) is 14.3. The van der Waals surface area contributed by atoms with Gasteiger partial charge in [-0.2, -0.15) is 0 Å². The van der Waals surface area contributed by atoms with Crippen molar-refractivity contribution in [3.63, 3.8) is 0 Å². The predicted molar refractivity (Wildman–Crippen MR) is 88.5 cm³/mol. The van der Waals surface area contributed by atoms with Crippen LogP contribution in [0.15, 0.2) is 47.8 Å². The van der Waals surface area contributed by atoms with Crippen LogP contribution in [0.5, 0.6) is 0 Å². The van der Waals surface area contributed by atoms with Crippen molar-refractivity contribution in [1.82, 2.24) is 19.9 Å². The lowest BCUT2D eigenvalue weighted by atomic mass is 10.1. The van der Waals surface area contributed by atoms with Crippen LogP contribution in [-0.4, -0.2) is 51.0 Å². The number of rotatable bonds is 2. The fraction of sp³-hybridized carbons (Fsp3) is 0.118. The van der Waals surface area contributed by atoms with Gasteiger partial charge in [0.25, 0.3) is 5.91 Å². The van der Waals surface area contributed by atoms with E-state index >= 15 is 0 Å². The molecule has 118 valence electrons. The molecule has 4 rings (SSSR count). The van der Waals surface area contributed by atoms with E-state index in [9.17, 15) is 9.59 Å². The molecule has 4 heterocycles. The summed E-state index contributed by atoms with van der Waals surface area (Å²) in [6.07, 6.45) is 5.23. The summed E-state index contributed by atoms with van der Waals surface area (Å²) in [4.78, 5) is 40.6. The summed E-state index contributed by atoms with van der Waals surface area (Å²) in [5, 5.41) is 0.993. The number of hydrogen-bond donors (Lipinski definition) is 1. The molecule has 1 aliphatic heterocycles. The molecular weight excluding hydrogens is 306 g/mol. The highest BCUT2D eigenvalue weighted by Crippen LogP contribution is 2.22. The molecule has 0 radical (unpaired) electrons. The summed E-state index contributed by atoms with van der Waals surface area (Å²) in [6, 6.07) is 7.54. The van der Waals surface area contributed by atoms with Crippen molar-refractivity contribution >= 4 is 28.6 Å². The minimum atomic E-state index is -0.547. The van der Waals surface area contributed by atoms with Crippen molar-refractivity contribution in [3.8, 4) is 11.3 Å². The van der Waals surface area contributed by atoms with Gasteiger partial charge >= 0.3 is 0 Å². The summed E-state index contributed by atoms with van der Waals surface area (Å²) in [7, 11) is 1.55. The number of fused-ring (bicyclic) bond motifs is 1. The number of carbonyl (C=O) groups is 2. The number of amides is 1. The lowest BCUT2D eigenvalue weighted by Crippen LogP contribution is -2.43. The number of carbonyl (C=O) groups excluding carboxylic acids is 2. The summed E-state index contributed by atoms with van der Waals surface area (Å²) in [6.45, 7) is -0.118. The van der Waals surface area contributed by atoms with E-state index in [4.69, 9.17) is 0 Å². The van der Waals surface area contributed by atoms with Gasteiger partial charge in [-0.15, -0.1) is 0 Å². The normalized spacial score (nSPS) is 15.0. The van der Waals surface area contributed by atoms with Gasteiger partial charge in [-0.3, -0.25) is 24.5 Å². The van der Waals surface area contributed by atoms with Gasteiger partial charge in [0.2, 0.25) is 5.78 Å². The zero-order valence-electron chi connectivity index (χ0n) is 12.9. The van der Waals surface area contributed by atoms with Gasteiger partial charge in [0.05, 0.1) is 5.69 Å². The van der Waals surface area contributed by atoms with Gasteiger partial charge in [0, 0.05) is 42.2 Å². The quantitative estimate of drug-likeness (QED) is 0.723. The summed E-state index contributed by atoms with van der Waals surface area (Å²) in [5.41, 5.74) is 3.14. The highest BCUT2D eigenvalue weighted by atomic mass is 16.2. The monoisotopic (exact) mass is 319 g/mol. The second kappa shape index (κ2) is 5.38. The van der Waals surface area contributed by atoms with E-state index in [0.29, 0.717) is 5.84 Å². The van der Waals surface area contributed by atoms with Crippen LogP contribution in [0.1, 0.15) is 5.56 Å². The van der Waals surface area contributed by atoms with Crippen LogP contribution in [0.4, 0.5) is 0 Å². The van der Waals surface area contributed by atoms with Crippen LogP contribution in [0.3, 0.4) is 0 Å². The Labute approximate surface area is 137 Å². The first-order valence-electron chi connectivity index (χ1n) is 7.39. The average molecular weight is 319 g/mol. The minimum absolute atomic E-state index is 0.118. The van der Waals surface area contributed by atoms with Crippen LogP contribution in [0.25, 0.3) is 22.3 Å². The topological polar surface area (TPSA) is 91.3 Å². The molecule has 0 saturated carbocycles. The van der Waals surface area contributed by atoms with Crippen molar-refractivity contribution < 1.29 is 9.59 Å². The van der Waals surface area contributed by atoms with Crippen LogP contribution in [0, 0.1) is 0 Å². The number of nitrogens with zero attached hydrogens (tertiary/aromatic N) is 4. The highest BCUT2D eigenvalue weighted by Gasteiger charge is 2.27. The Balaban J connectivity index is 1.76. The number of ketones is 1. The Kier molecular flexibility index (Phi) is 3.19. The Morgan fingerprint density at radius 1 is 1.12 bits per heavy atom. The molecule has 7 nitrogen and oxygen atoms in total. The number of amidine groups is 1. The third kappa shape index (κ3) is 2.26. The molecular formula is C17H13N5O2. The number of Topliss-reactive ketones (excluding diaryl/α,β-unsaturated/α-hetero) is 1. The zero-order valence-corrected chi connectivity index (χ0v) is 12.9. The van der Waals surface area contributed by atoms with Gasteiger partial charge in [-0.1, -0.05) is 0 Å². The second-order valence-corrected chi connectivity index (χ2v) is 5.50. The smallest absolute Gasteiger partial charge is 0.297 e. The SMILES string of the molecule is CN1C(=O)C(=O)CN=C1c1ccnc(-c2cnc3[nH]ccc3c2)c1. The number of hydrogen-bond acceptors (Lipinski definition) is 5. The first-order valence-corrected chi connectivity index (χ1v) is 7.39. The Hall–Kier alpha value is -3.35. The van der Waals surface area contributed by atoms with E-state index in [1.807, 2.05) is 24.4 Å². The molecule has 24 heavy (non-hydrogen) atoms. The number of pyridine rings is 2. The van der Waals surface area contributed by atoms with Crippen molar-refractivity contribution in [3.05, 3.63) is 48.4 Å². The maximum Gasteiger partial charge on any atom is 0.297 e. The van der Waals surface area contributed by atoms with Crippen molar-refractivity contribution in [2.75, 3.05) is 13.6 Å². The van der Waals surface area contributed by atoms with Gasteiger partial charge in [-0.05, 0) is 24.3 Å². The van der Waals surface area contributed by atoms with Crippen LogP contribution in [0.2, 0.25) is 0 Å². The fourth-order valence-electron chi connectivity index (χ4n) is 2.70. The fourth-order valence-corrected chi connectivity index (χ4v) is 2.70. The Morgan fingerprint density at radius 3 is 2.88 bits per heavy atom. The number of nitrogens with one attached hydrogen (secondary N) is 1. The summed E-state index contributed by atoms with van der Waals surface area (Å²) < 4.78 is 0. The molecule has 0 unspecified atom stereocenters. The molecule has 1 amide bonds.